The molecule has 0 fully saturated rings. The van der Waals surface area contributed by atoms with Crippen molar-refractivity contribution in [2.75, 3.05) is 33.8 Å². The fourth-order valence-electron chi connectivity index (χ4n) is 1.83. The highest BCUT2D eigenvalue weighted by Gasteiger charge is 2.12. The zero-order chi connectivity index (χ0) is 15.8. The van der Waals surface area contributed by atoms with E-state index in [1.807, 2.05) is 11.8 Å². The number of aliphatic hydroxyl groups excluding tert-OH is 1. The van der Waals surface area contributed by atoms with Gasteiger partial charge in [0.2, 0.25) is 5.91 Å². The average molecular weight is 292 g/mol. The van der Waals surface area contributed by atoms with Crippen molar-refractivity contribution >= 4 is 5.91 Å². The second-order valence-corrected chi connectivity index (χ2v) is 4.90. The van der Waals surface area contributed by atoms with Crippen LogP contribution >= 0.6 is 0 Å². The summed E-state index contributed by atoms with van der Waals surface area (Å²) in [4.78, 5) is 15.2. The van der Waals surface area contributed by atoms with Gasteiger partial charge in [0.15, 0.2) is 0 Å². The summed E-state index contributed by atoms with van der Waals surface area (Å²) >= 11 is 0. The maximum atomic E-state index is 13.6. The third-order valence-electron chi connectivity index (χ3n) is 2.98. The molecule has 5 heteroatoms. The molecule has 21 heavy (non-hydrogen) atoms. The van der Waals surface area contributed by atoms with Crippen LogP contribution in [0.25, 0.3) is 0 Å². The van der Waals surface area contributed by atoms with Crippen molar-refractivity contribution in [2.24, 2.45) is 0 Å². The molecule has 0 atom stereocenters. The molecule has 0 aliphatic rings. The van der Waals surface area contributed by atoms with Crippen LogP contribution in [-0.4, -0.2) is 54.6 Å². The summed E-state index contributed by atoms with van der Waals surface area (Å²) in [5.41, 5.74) is 1.28. The van der Waals surface area contributed by atoms with E-state index in [2.05, 4.69) is 11.8 Å². The minimum absolute atomic E-state index is 0.00792. The summed E-state index contributed by atoms with van der Waals surface area (Å²) < 4.78 is 13.6. The highest BCUT2D eigenvalue weighted by Crippen LogP contribution is 2.11. The zero-order valence-corrected chi connectivity index (χ0v) is 12.7. The lowest BCUT2D eigenvalue weighted by molar-refractivity contribution is -0.130. The van der Waals surface area contributed by atoms with E-state index in [-0.39, 0.29) is 24.9 Å². The molecule has 1 amide bonds. The van der Waals surface area contributed by atoms with Crippen molar-refractivity contribution in [2.45, 2.75) is 13.5 Å². The molecule has 0 heterocycles. The van der Waals surface area contributed by atoms with Crippen LogP contribution in [0.4, 0.5) is 4.39 Å². The molecule has 1 aromatic carbocycles. The second kappa shape index (κ2) is 8.40. The normalized spacial score (nSPS) is 10.2. The Morgan fingerprint density at radius 1 is 1.33 bits per heavy atom. The first-order valence-corrected chi connectivity index (χ1v) is 6.78. The second-order valence-electron chi connectivity index (χ2n) is 4.90. The molecular weight excluding hydrogens is 271 g/mol. The van der Waals surface area contributed by atoms with Crippen LogP contribution in [0, 0.1) is 17.7 Å². The van der Waals surface area contributed by atoms with Crippen molar-refractivity contribution in [3.8, 4) is 11.8 Å². The summed E-state index contributed by atoms with van der Waals surface area (Å²) in [5, 5.41) is 8.68. The lowest BCUT2D eigenvalue weighted by Crippen LogP contribution is -2.36. The van der Waals surface area contributed by atoms with Gasteiger partial charge in [0.25, 0.3) is 0 Å². The fraction of sp³-hybridized carbons (Fsp3) is 0.438. The lowest BCUT2D eigenvalue weighted by Gasteiger charge is -2.22. The zero-order valence-electron chi connectivity index (χ0n) is 12.7. The molecule has 0 saturated carbocycles. The van der Waals surface area contributed by atoms with Gasteiger partial charge in [-0.2, -0.15) is 0 Å². The topological polar surface area (TPSA) is 43.8 Å². The first kappa shape index (κ1) is 17.2. The standard InChI is InChI=1S/C16H21FN2O2/c1-4-19(12-16(21)18(2)3)11-14-8-13(6-5-7-20)9-15(17)10-14/h8-10,20H,4,7,11-12H2,1-3H3. The third-order valence-corrected chi connectivity index (χ3v) is 2.98. The van der Waals surface area contributed by atoms with Crippen molar-refractivity contribution in [3.63, 3.8) is 0 Å². The number of amides is 1. The van der Waals surface area contributed by atoms with E-state index in [1.165, 1.54) is 17.0 Å². The number of benzene rings is 1. The monoisotopic (exact) mass is 292 g/mol. The molecule has 0 radical (unpaired) electrons. The van der Waals surface area contributed by atoms with Crippen LogP contribution in [0.15, 0.2) is 18.2 Å². The maximum absolute atomic E-state index is 13.6. The van der Waals surface area contributed by atoms with E-state index in [0.29, 0.717) is 18.7 Å². The largest absolute Gasteiger partial charge is 0.384 e. The van der Waals surface area contributed by atoms with Gasteiger partial charge in [0.05, 0.1) is 6.54 Å². The van der Waals surface area contributed by atoms with Crippen LogP contribution in [0.2, 0.25) is 0 Å². The molecule has 4 nitrogen and oxygen atoms in total. The van der Waals surface area contributed by atoms with Crippen molar-refractivity contribution in [1.29, 1.82) is 0 Å². The van der Waals surface area contributed by atoms with E-state index in [9.17, 15) is 9.18 Å². The predicted molar refractivity (Wildman–Crippen MR) is 80.0 cm³/mol. The molecule has 114 valence electrons. The smallest absolute Gasteiger partial charge is 0.236 e. The van der Waals surface area contributed by atoms with E-state index in [0.717, 1.165) is 5.56 Å². The Labute approximate surface area is 125 Å². The van der Waals surface area contributed by atoms with E-state index >= 15 is 0 Å². The average Bonchev–Trinajstić information content (AvgIpc) is 2.43. The summed E-state index contributed by atoms with van der Waals surface area (Å²) in [7, 11) is 3.42. The summed E-state index contributed by atoms with van der Waals surface area (Å²) in [5.74, 6) is 4.83. The molecule has 0 aliphatic carbocycles. The first-order valence-electron chi connectivity index (χ1n) is 6.78. The molecule has 1 rings (SSSR count). The highest BCUT2D eigenvalue weighted by atomic mass is 19.1. The molecule has 0 saturated heterocycles. The molecule has 0 aliphatic heterocycles. The van der Waals surface area contributed by atoms with Crippen molar-refractivity contribution in [3.05, 3.63) is 35.1 Å². The molecule has 1 aromatic rings. The van der Waals surface area contributed by atoms with Gasteiger partial charge in [0.1, 0.15) is 12.4 Å². The molecule has 0 bridgehead atoms. The van der Waals surface area contributed by atoms with Gasteiger partial charge in [-0.15, -0.1) is 0 Å². The Hall–Kier alpha value is -1.90. The number of likely N-dealkylation sites (N-methyl/N-ethyl adjacent to an activating group) is 2. The fourth-order valence-corrected chi connectivity index (χ4v) is 1.83. The Kier molecular flexibility index (Phi) is 6.86. The third kappa shape index (κ3) is 5.94. The van der Waals surface area contributed by atoms with Crippen LogP contribution in [-0.2, 0) is 11.3 Å². The molecule has 0 spiro atoms. The number of carbonyl (C=O) groups is 1. The van der Waals surface area contributed by atoms with Gasteiger partial charge in [-0.3, -0.25) is 9.69 Å². The molecule has 0 aromatic heterocycles. The van der Waals surface area contributed by atoms with Gasteiger partial charge in [-0.1, -0.05) is 18.8 Å². The minimum Gasteiger partial charge on any atom is -0.384 e. The number of nitrogens with zero attached hydrogens (tertiary/aromatic N) is 2. The first-order chi connectivity index (χ1) is 9.96. The Bertz CT molecular complexity index is 547. The van der Waals surface area contributed by atoms with E-state index in [4.69, 9.17) is 5.11 Å². The summed E-state index contributed by atoms with van der Waals surface area (Å²) in [6.45, 7) is 3.14. The number of halogens is 1. The predicted octanol–water partition coefficient (Wildman–Crippen LogP) is 1.08. The molecule has 0 unspecified atom stereocenters. The minimum atomic E-state index is -0.371. The van der Waals surface area contributed by atoms with E-state index in [1.54, 1.807) is 20.2 Å². The number of aliphatic hydroxyl groups is 1. The maximum Gasteiger partial charge on any atom is 0.236 e. The van der Waals surface area contributed by atoms with Crippen LogP contribution in [0.3, 0.4) is 0 Å². The quantitative estimate of drug-likeness (QED) is 0.826. The highest BCUT2D eigenvalue weighted by molar-refractivity contribution is 5.77. The van der Waals surface area contributed by atoms with Crippen LogP contribution in [0.1, 0.15) is 18.1 Å². The van der Waals surface area contributed by atoms with E-state index < -0.39 is 0 Å². The van der Waals surface area contributed by atoms with Gasteiger partial charge >= 0.3 is 0 Å². The van der Waals surface area contributed by atoms with Crippen molar-refractivity contribution < 1.29 is 14.3 Å². The summed E-state index contributed by atoms with van der Waals surface area (Å²) in [6.07, 6.45) is 0. The molecular formula is C16H21FN2O2. The van der Waals surface area contributed by atoms with Gasteiger partial charge in [0, 0.05) is 26.2 Å². The van der Waals surface area contributed by atoms with Gasteiger partial charge in [-0.25, -0.2) is 4.39 Å². The number of hydrogen-bond donors (Lipinski definition) is 1. The number of carbonyl (C=O) groups excluding carboxylic acids is 1. The van der Waals surface area contributed by atoms with Crippen LogP contribution < -0.4 is 0 Å². The SMILES string of the molecule is CCN(CC(=O)N(C)C)Cc1cc(F)cc(C#CCO)c1. The van der Waals surface area contributed by atoms with Crippen molar-refractivity contribution in [1.82, 2.24) is 9.80 Å². The number of rotatable bonds is 5. The van der Waals surface area contributed by atoms with Crippen LogP contribution in [0.5, 0.6) is 0 Å². The summed E-state index contributed by atoms with van der Waals surface area (Å²) in [6, 6.07) is 4.54. The Morgan fingerprint density at radius 2 is 2.05 bits per heavy atom. The van der Waals surface area contributed by atoms with Gasteiger partial charge in [-0.05, 0) is 30.3 Å². The Balaban J connectivity index is 2.84. The number of hydrogen-bond acceptors (Lipinski definition) is 3. The Morgan fingerprint density at radius 3 is 2.62 bits per heavy atom. The molecule has 1 N–H and O–H groups in total. The lowest BCUT2D eigenvalue weighted by atomic mass is 10.1. The van der Waals surface area contributed by atoms with Gasteiger partial charge < -0.3 is 10.0 Å².